The number of carbonyl (C=O) groups excluding carboxylic acids is 1. The van der Waals surface area contributed by atoms with Crippen LogP contribution in [0, 0.1) is 10.1 Å². The first-order chi connectivity index (χ1) is 13.0. The molecule has 3 aromatic rings. The van der Waals surface area contributed by atoms with Crippen molar-refractivity contribution in [2.24, 2.45) is 4.99 Å². The second kappa shape index (κ2) is 8.43. The van der Waals surface area contributed by atoms with Gasteiger partial charge in [0.25, 0.3) is 11.6 Å². The topological polar surface area (TPSA) is 86.7 Å². The van der Waals surface area contributed by atoms with Gasteiger partial charge in [-0.3, -0.25) is 14.9 Å². The van der Waals surface area contributed by atoms with Crippen molar-refractivity contribution in [1.82, 2.24) is 4.57 Å². The molecule has 0 N–H and O–H groups in total. The molecule has 0 radical (unpaired) electrons. The van der Waals surface area contributed by atoms with Crippen LogP contribution in [0.3, 0.4) is 0 Å². The fraction of sp³-hybridized carbons (Fsp3) is 0.222. The van der Waals surface area contributed by atoms with Crippen molar-refractivity contribution in [1.29, 1.82) is 0 Å². The fourth-order valence-electron chi connectivity index (χ4n) is 2.61. The van der Waals surface area contributed by atoms with Crippen LogP contribution in [0.15, 0.2) is 47.5 Å². The molecule has 0 unspecified atom stereocenters. The molecule has 27 heavy (non-hydrogen) atoms. The highest BCUT2D eigenvalue weighted by atomic mass is 35.5. The summed E-state index contributed by atoms with van der Waals surface area (Å²) in [5, 5.41) is 11.8. The maximum absolute atomic E-state index is 12.6. The van der Waals surface area contributed by atoms with E-state index in [2.05, 4.69) is 4.99 Å². The van der Waals surface area contributed by atoms with Gasteiger partial charge in [-0.2, -0.15) is 4.99 Å². The fourth-order valence-corrected chi connectivity index (χ4v) is 3.94. The first-order valence-corrected chi connectivity index (χ1v) is 9.40. The molecule has 2 aromatic carbocycles. The summed E-state index contributed by atoms with van der Waals surface area (Å²) in [6.45, 7) is 3.44. The van der Waals surface area contributed by atoms with Crippen molar-refractivity contribution < 1.29 is 14.5 Å². The zero-order valence-corrected chi connectivity index (χ0v) is 16.0. The van der Waals surface area contributed by atoms with Crippen molar-refractivity contribution in [3.05, 3.63) is 68.0 Å². The molecule has 0 aliphatic heterocycles. The van der Waals surface area contributed by atoms with E-state index < -0.39 is 10.8 Å². The second-order valence-corrected chi connectivity index (χ2v) is 6.98. The summed E-state index contributed by atoms with van der Waals surface area (Å²) in [6.07, 6.45) is 0. The predicted molar refractivity (Wildman–Crippen MR) is 104 cm³/mol. The van der Waals surface area contributed by atoms with E-state index in [1.165, 1.54) is 29.5 Å². The van der Waals surface area contributed by atoms with Crippen LogP contribution in [0.5, 0.6) is 0 Å². The summed E-state index contributed by atoms with van der Waals surface area (Å²) < 4.78 is 8.14. The van der Waals surface area contributed by atoms with Crippen LogP contribution in [-0.2, 0) is 11.3 Å². The number of hydrogen-bond acceptors (Lipinski definition) is 5. The summed E-state index contributed by atoms with van der Waals surface area (Å²) in [5.74, 6) is -0.662. The molecule has 1 amide bonds. The Morgan fingerprint density at radius 2 is 2.11 bits per heavy atom. The van der Waals surface area contributed by atoms with E-state index >= 15 is 0 Å². The van der Waals surface area contributed by atoms with E-state index in [9.17, 15) is 14.9 Å². The highest BCUT2D eigenvalue weighted by Crippen LogP contribution is 2.23. The number of nitrogens with zero attached hydrogens (tertiary/aromatic N) is 3. The van der Waals surface area contributed by atoms with Crippen molar-refractivity contribution in [3.8, 4) is 0 Å². The molecule has 0 atom stereocenters. The van der Waals surface area contributed by atoms with Crippen molar-refractivity contribution in [3.63, 3.8) is 0 Å². The summed E-state index contributed by atoms with van der Waals surface area (Å²) in [4.78, 5) is 27.8. The monoisotopic (exact) mass is 405 g/mol. The summed E-state index contributed by atoms with van der Waals surface area (Å²) in [5.41, 5.74) is 0.559. The van der Waals surface area contributed by atoms with Crippen LogP contribution >= 0.6 is 22.9 Å². The lowest BCUT2D eigenvalue weighted by Gasteiger charge is -2.05. The number of nitro groups is 1. The van der Waals surface area contributed by atoms with Gasteiger partial charge in [-0.15, -0.1) is 0 Å². The van der Waals surface area contributed by atoms with Gasteiger partial charge in [0.2, 0.25) is 0 Å². The molecule has 0 bridgehead atoms. The Bertz CT molecular complexity index is 1070. The van der Waals surface area contributed by atoms with Gasteiger partial charge in [0.1, 0.15) is 5.56 Å². The third-order valence-corrected chi connectivity index (χ3v) is 5.11. The van der Waals surface area contributed by atoms with Crippen LogP contribution in [0.2, 0.25) is 5.02 Å². The molecule has 3 rings (SSSR count). The number of amides is 1. The van der Waals surface area contributed by atoms with Gasteiger partial charge in [0.15, 0.2) is 4.80 Å². The lowest BCUT2D eigenvalue weighted by molar-refractivity contribution is -0.385. The predicted octanol–water partition coefficient (Wildman–Crippen LogP) is 4.04. The SMILES string of the molecule is CCOCCn1c(=NC(=O)c2ccccc2[N+](=O)[O-])sc2cc(Cl)ccc21. The molecular formula is C18H16ClN3O4S. The number of fused-ring (bicyclic) bond motifs is 1. The number of ether oxygens (including phenoxy) is 1. The van der Waals surface area contributed by atoms with Gasteiger partial charge >= 0.3 is 0 Å². The first kappa shape index (κ1) is 19.2. The van der Waals surface area contributed by atoms with E-state index in [-0.39, 0.29) is 11.3 Å². The molecule has 0 aliphatic rings. The third-order valence-electron chi connectivity index (χ3n) is 3.84. The molecule has 1 aromatic heterocycles. The van der Waals surface area contributed by atoms with Crippen molar-refractivity contribution in [2.45, 2.75) is 13.5 Å². The zero-order valence-electron chi connectivity index (χ0n) is 14.4. The van der Waals surface area contributed by atoms with E-state index in [0.717, 1.165) is 10.2 Å². The Kier molecular flexibility index (Phi) is 6.00. The molecule has 0 saturated carbocycles. The molecular weight excluding hydrogens is 390 g/mol. The Hall–Kier alpha value is -2.55. The average molecular weight is 406 g/mol. The van der Waals surface area contributed by atoms with Gasteiger partial charge in [-0.1, -0.05) is 35.1 Å². The highest BCUT2D eigenvalue weighted by molar-refractivity contribution is 7.16. The average Bonchev–Trinajstić information content (AvgIpc) is 2.98. The van der Waals surface area contributed by atoms with Crippen LogP contribution in [0.1, 0.15) is 17.3 Å². The number of thiazole rings is 1. The van der Waals surface area contributed by atoms with Crippen LogP contribution in [0.25, 0.3) is 10.2 Å². The molecule has 7 nitrogen and oxygen atoms in total. The minimum Gasteiger partial charge on any atom is -0.380 e. The molecule has 9 heteroatoms. The number of nitro benzene ring substituents is 1. The standard InChI is InChI=1S/C18H16ClN3O4S/c1-2-26-10-9-21-15-8-7-12(19)11-16(15)27-18(21)20-17(23)13-5-3-4-6-14(13)22(24)25/h3-8,11H,2,9-10H2,1H3. The van der Waals surface area contributed by atoms with E-state index in [1.807, 2.05) is 17.6 Å². The number of halogens is 1. The number of hydrogen-bond donors (Lipinski definition) is 0. The third kappa shape index (κ3) is 4.24. The minimum absolute atomic E-state index is 0.0469. The Morgan fingerprint density at radius 1 is 1.33 bits per heavy atom. The lowest BCUT2D eigenvalue weighted by atomic mass is 10.2. The lowest BCUT2D eigenvalue weighted by Crippen LogP contribution is -2.20. The van der Waals surface area contributed by atoms with Crippen LogP contribution in [0.4, 0.5) is 5.69 Å². The molecule has 0 spiro atoms. The van der Waals surface area contributed by atoms with Gasteiger partial charge in [-0.25, -0.2) is 0 Å². The minimum atomic E-state index is -0.662. The Labute approximate surface area is 163 Å². The molecule has 0 saturated heterocycles. The normalized spacial score (nSPS) is 11.9. The summed E-state index contributed by atoms with van der Waals surface area (Å²) in [7, 11) is 0. The first-order valence-electron chi connectivity index (χ1n) is 8.20. The number of benzene rings is 2. The number of para-hydroxylation sites is 1. The highest BCUT2D eigenvalue weighted by Gasteiger charge is 2.19. The smallest absolute Gasteiger partial charge is 0.286 e. The maximum atomic E-state index is 12.6. The molecule has 140 valence electrons. The van der Waals surface area contributed by atoms with Crippen LogP contribution in [-0.4, -0.2) is 28.6 Å². The number of carbonyl (C=O) groups is 1. The van der Waals surface area contributed by atoms with Gasteiger partial charge < -0.3 is 9.30 Å². The molecule has 1 heterocycles. The Morgan fingerprint density at radius 3 is 2.85 bits per heavy atom. The number of aromatic nitrogens is 1. The van der Waals surface area contributed by atoms with Crippen LogP contribution < -0.4 is 4.80 Å². The van der Waals surface area contributed by atoms with Gasteiger partial charge in [0, 0.05) is 24.2 Å². The largest absolute Gasteiger partial charge is 0.380 e. The summed E-state index contributed by atoms with van der Waals surface area (Å²) in [6, 6.07) is 11.2. The van der Waals surface area contributed by atoms with Gasteiger partial charge in [0.05, 0.1) is 21.7 Å². The second-order valence-electron chi connectivity index (χ2n) is 5.54. The van der Waals surface area contributed by atoms with Crippen molar-refractivity contribution >= 4 is 44.7 Å². The number of rotatable bonds is 6. The molecule has 0 fully saturated rings. The van der Waals surface area contributed by atoms with E-state index in [0.29, 0.717) is 29.6 Å². The summed E-state index contributed by atoms with van der Waals surface area (Å²) >= 11 is 7.36. The van der Waals surface area contributed by atoms with Gasteiger partial charge in [-0.05, 0) is 31.2 Å². The Balaban J connectivity index is 2.10. The van der Waals surface area contributed by atoms with E-state index in [1.54, 1.807) is 18.2 Å². The van der Waals surface area contributed by atoms with Crippen molar-refractivity contribution in [2.75, 3.05) is 13.2 Å². The maximum Gasteiger partial charge on any atom is 0.286 e. The zero-order chi connectivity index (χ0) is 19.4. The molecule has 0 aliphatic carbocycles. The van der Waals surface area contributed by atoms with E-state index in [4.69, 9.17) is 16.3 Å². The quantitative estimate of drug-likeness (QED) is 0.352.